The average Bonchev–Trinajstić information content (AvgIpc) is 2.46. The minimum absolute atomic E-state index is 0.0941. The number of rotatable bonds is 8. The minimum atomic E-state index is -0.571. The molecule has 1 rings (SSSR count). The van der Waals surface area contributed by atoms with E-state index in [0.29, 0.717) is 24.2 Å². The van der Waals surface area contributed by atoms with E-state index in [0.717, 1.165) is 12.8 Å². The van der Waals surface area contributed by atoms with Crippen LogP contribution < -0.4 is 11.1 Å². The summed E-state index contributed by atoms with van der Waals surface area (Å²) in [5.74, 6) is -0.942. The fourth-order valence-corrected chi connectivity index (χ4v) is 2.11. The van der Waals surface area contributed by atoms with E-state index in [1.54, 1.807) is 0 Å². The third-order valence-corrected chi connectivity index (χ3v) is 3.98. The number of primary amides is 1. The Bertz CT molecular complexity index is 451. The number of amides is 1. The lowest BCUT2D eigenvalue weighted by atomic mass is 9.83. The molecule has 4 N–H and O–H groups in total. The SMILES string of the molecule is CCC(CC)(CO)CNCc1cc(C(N)=O)ccc1F. The number of carbonyl (C=O) groups is 1. The van der Waals surface area contributed by atoms with Crippen LogP contribution in [-0.4, -0.2) is 24.2 Å². The van der Waals surface area contributed by atoms with Crippen LogP contribution in [-0.2, 0) is 6.54 Å². The molecular weight excluding hydrogens is 259 g/mol. The summed E-state index contributed by atoms with van der Waals surface area (Å²) in [5.41, 5.74) is 5.69. The molecular formula is C15H23FN2O2. The standard InChI is InChI=1S/C15H23FN2O2/c1-3-15(4-2,10-19)9-18-8-12-7-11(14(17)20)5-6-13(12)16/h5-7,18-19H,3-4,8-10H2,1-2H3,(H2,17,20). The van der Waals surface area contributed by atoms with Crippen LogP contribution in [0, 0.1) is 11.2 Å². The second kappa shape index (κ2) is 7.36. The molecule has 0 saturated carbocycles. The van der Waals surface area contributed by atoms with E-state index in [-0.39, 0.29) is 17.8 Å². The summed E-state index contributed by atoms with van der Waals surface area (Å²) in [6.45, 7) is 5.04. The molecule has 1 aromatic carbocycles. The van der Waals surface area contributed by atoms with E-state index in [2.05, 4.69) is 5.32 Å². The molecule has 5 heteroatoms. The zero-order valence-electron chi connectivity index (χ0n) is 12.1. The summed E-state index contributed by atoms with van der Waals surface area (Å²) in [5, 5.41) is 12.6. The van der Waals surface area contributed by atoms with Gasteiger partial charge < -0.3 is 16.2 Å². The maximum atomic E-state index is 13.7. The molecule has 0 aliphatic carbocycles. The van der Waals surface area contributed by atoms with Crippen LogP contribution in [0.1, 0.15) is 42.6 Å². The fourth-order valence-electron chi connectivity index (χ4n) is 2.11. The molecule has 1 aromatic rings. The minimum Gasteiger partial charge on any atom is -0.396 e. The van der Waals surface area contributed by atoms with Crippen molar-refractivity contribution < 1.29 is 14.3 Å². The Morgan fingerprint density at radius 1 is 1.40 bits per heavy atom. The summed E-state index contributed by atoms with van der Waals surface area (Å²) < 4.78 is 13.7. The lowest BCUT2D eigenvalue weighted by Gasteiger charge is -2.29. The molecule has 112 valence electrons. The predicted octanol–water partition coefficient (Wildman–Crippen LogP) is 1.81. The number of hydrogen-bond donors (Lipinski definition) is 3. The number of benzene rings is 1. The lowest BCUT2D eigenvalue weighted by molar-refractivity contribution is 0.1000. The van der Waals surface area contributed by atoms with Gasteiger partial charge in [0.15, 0.2) is 0 Å². The number of aliphatic hydroxyl groups excluding tert-OH is 1. The third-order valence-electron chi connectivity index (χ3n) is 3.98. The number of aliphatic hydroxyl groups is 1. The summed E-state index contributed by atoms with van der Waals surface area (Å²) in [6.07, 6.45) is 1.69. The van der Waals surface area contributed by atoms with Crippen molar-refractivity contribution in [2.45, 2.75) is 33.2 Å². The largest absolute Gasteiger partial charge is 0.396 e. The topological polar surface area (TPSA) is 75.3 Å². The zero-order valence-corrected chi connectivity index (χ0v) is 12.1. The van der Waals surface area contributed by atoms with Crippen molar-refractivity contribution in [3.63, 3.8) is 0 Å². The maximum Gasteiger partial charge on any atom is 0.248 e. The Hall–Kier alpha value is -1.46. The van der Waals surface area contributed by atoms with Crippen LogP contribution >= 0.6 is 0 Å². The Labute approximate surface area is 119 Å². The fraction of sp³-hybridized carbons (Fsp3) is 0.533. The van der Waals surface area contributed by atoms with E-state index in [9.17, 15) is 14.3 Å². The van der Waals surface area contributed by atoms with Gasteiger partial charge in [-0.3, -0.25) is 4.79 Å². The second-order valence-corrected chi connectivity index (χ2v) is 5.14. The van der Waals surface area contributed by atoms with E-state index < -0.39 is 5.91 Å². The number of halogens is 1. The van der Waals surface area contributed by atoms with Gasteiger partial charge in [-0.05, 0) is 31.0 Å². The van der Waals surface area contributed by atoms with E-state index in [1.807, 2.05) is 13.8 Å². The van der Waals surface area contributed by atoms with Gasteiger partial charge in [-0.1, -0.05) is 13.8 Å². The first kappa shape index (κ1) is 16.6. The predicted molar refractivity (Wildman–Crippen MR) is 76.7 cm³/mol. The highest BCUT2D eigenvalue weighted by atomic mass is 19.1. The van der Waals surface area contributed by atoms with Crippen molar-refractivity contribution >= 4 is 5.91 Å². The normalized spacial score (nSPS) is 11.6. The van der Waals surface area contributed by atoms with Crippen LogP contribution in [0.4, 0.5) is 4.39 Å². The molecule has 0 fully saturated rings. The molecule has 0 aliphatic rings. The summed E-state index contributed by atoms with van der Waals surface area (Å²) >= 11 is 0. The Morgan fingerprint density at radius 2 is 2.05 bits per heavy atom. The average molecular weight is 282 g/mol. The Morgan fingerprint density at radius 3 is 2.55 bits per heavy atom. The first-order valence-electron chi connectivity index (χ1n) is 6.88. The van der Waals surface area contributed by atoms with Gasteiger partial charge in [0.05, 0.1) is 0 Å². The third kappa shape index (κ3) is 4.02. The van der Waals surface area contributed by atoms with Crippen LogP contribution in [0.3, 0.4) is 0 Å². The van der Waals surface area contributed by atoms with Crippen molar-refractivity contribution in [1.29, 1.82) is 0 Å². The van der Waals surface area contributed by atoms with Gasteiger partial charge in [-0.15, -0.1) is 0 Å². The smallest absolute Gasteiger partial charge is 0.248 e. The number of nitrogens with two attached hydrogens (primary N) is 1. The number of carbonyl (C=O) groups excluding carboxylic acids is 1. The van der Waals surface area contributed by atoms with Gasteiger partial charge in [0, 0.05) is 36.2 Å². The highest BCUT2D eigenvalue weighted by molar-refractivity contribution is 5.92. The molecule has 0 atom stereocenters. The Kier molecular flexibility index (Phi) is 6.10. The molecule has 0 heterocycles. The van der Waals surface area contributed by atoms with Gasteiger partial charge in [-0.25, -0.2) is 4.39 Å². The number of hydrogen-bond acceptors (Lipinski definition) is 3. The van der Waals surface area contributed by atoms with Gasteiger partial charge in [-0.2, -0.15) is 0 Å². The monoisotopic (exact) mass is 282 g/mol. The van der Waals surface area contributed by atoms with Crippen molar-refractivity contribution in [2.75, 3.05) is 13.2 Å². The van der Waals surface area contributed by atoms with Crippen molar-refractivity contribution in [3.05, 3.63) is 35.1 Å². The second-order valence-electron chi connectivity index (χ2n) is 5.14. The van der Waals surface area contributed by atoms with Crippen LogP contribution in [0.5, 0.6) is 0 Å². The highest BCUT2D eigenvalue weighted by Gasteiger charge is 2.24. The first-order valence-corrected chi connectivity index (χ1v) is 6.88. The quantitative estimate of drug-likeness (QED) is 0.680. The van der Waals surface area contributed by atoms with Crippen molar-refractivity contribution in [2.24, 2.45) is 11.1 Å². The van der Waals surface area contributed by atoms with Gasteiger partial charge in [0.25, 0.3) is 0 Å². The molecule has 0 bridgehead atoms. The molecule has 0 aromatic heterocycles. The molecule has 0 aliphatic heterocycles. The summed E-state index contributed by atoms with van der Waals surface area (Å²) in [6, 6.07) is 4.08. The number of nitrogens with one attached hydrogen (secondary N) is 1. The van der Waals surface area contributed by atoms with Gasteiger partial charge in [0.2, 0.25) is 5.91 Å². The highest BCUT2D eigenvalue weighted by Crippen LogP contribution is 2.24. The lowest BCUT2D eigenvalue weighted by Crippen LogP contribution is -2.36. The summed E-state index contributed by atoms with van der Waals surface area (Å²) in [7, 11) is 0. The maximum absolute atomic E-state index is 13.7. The van der Waals surface area contributed by atoms with Gasteiger partial charge >= 0.3 is 0 Å². The van der Waals surface area contributed by atoms with Crippen LogP contribution in [0.15, 0.2) is 18.2 Å². The molecule has 4 nitrogen and oxygen atoms in total. The molecule has 0 unspecified atom stereocenters. The molecule has 0 spiro atoms. The Balaban J connectivity index is 2.70. The van der Waals surface area contributed by atoms with E-state index in [1.165, 1.54) is 18.2 Å². The van der Waals surface area contributed by atoms with Crippen LogP contribution in [0.2, 0.25) is 0 Å². The molecule has 1 amide bonds. The molecule has 0 radical (unpaired) electrons. The molecule has 0 saturated heterocycles. The summed E-state index contributed by atoms with van der Waals surface area (Å²) in [4.78, 5) is 11.1. The van der Waals surface area contributed by atoms with E-state index >= 15 is 0 Å². The molecule has 20 heavy (non-hydrogen) atoms. The first-order chi connectivity index (χ1) is 9.48. The van der Waals surface area contributed by atoms with Gasteiger partial charge in [0.1, 0.15) is 5.82 Å². The van der Waals surface area contributed by atoms with Crippen LogP contribution in [0.25, 0.3) is 0 Å². The van der Waals surface area contributed by atoms with Crippen molar-refractivity contribution in [3.8, 4) is 0 Å². The van der Waals surface area contributed by atoms with E-state index in [4.69, 9.17) is 5.73 Å². The van der Waals surface area contributed by atoms with Crippen molar-refractivity contribution in [1.82, 2.24) is 5.32 Å². The zero-order chi connectivity index (χ0) is 15.2.